The highest BCUT2D eigenvalue weighted by atomic mass is 32.2. The number of nitrogens with zero attached hydrogens (tertiary/aromatic N) is 3. The molecule has 0 radical (unpaired) electrons. The second-order valence-corrected chi connectivity index (χ2v) is 9.52. The second-order valence-electron chi connectivity index (χ2n) is 7.84. The maximum Gasteiger partial charge on any atom is 0.266 e. The first-order chi connectivity index (χ1) is 16.9. The lowest BCUT2D eigenvalue weighted by Crippen LogP contribution is -2.31. The standard InChI is InChI=1S/C25H23FN4O3S2/c1-3-15-5-8-17(4-2)19(13-15)22-23(29-33-28-22)27-21(31)11-12-30-24(32)20(35-25(30)34)14-16-6-9-18(26)10-7-16/h5-10,13-14H,3-4,11-12H2,1-2H3,(H,27,29,31)/b20-14-. The van der Waals surface area contributed by atoms with Crippen LogP contribution in [0.5, 0.6) is 0 Å². The predicted octanol–water partition coefficient (Wildman–Crippen LogP) is 5.23. The number of thiocarbonyl (C=S) groups is 1. The van der Waals surface area contributed by atoms with Gasteiger partial charge in [0.15, 0.2) is 5.69 Å². The number of halogens is 1. The summed E-state index contributed by atoms with van der Waals surface area (Å²) in [5.74, 6) is -0.747. The Morgan fingerprint density at radius 3 is 2.66 bits per heavy atom. The molecule has 180 valence electrons. The summed E-state index contributed by atoms with van der Waals surface area (Å²) < 4.78 is 18.4. The van der Waals surface area contributed by atoms with Gasteiger partial charge in [0, 0.05) is 18.5 Å². The topological polar surface area (TPSA) is 88.3 Å². The van der Waals surface area contributed by atoms with Gasteiger partial charge in [-0.15, -0.1) is 0 Å². The van der Waals surface area contributed by atoms with Gasteiger partial charge in [0.1, 0.15) is 10.1 Å². The molecule has 7 nitrogen and oxygen atoms in total. The molecular formula is C25H23FN4O3S2. The number of aromatic nitrogens is 2. The molecule has 0 unspecified atom stereocenters. The molecule has 3 aromatic rings. The molecular weight excluding hydrogens is 487 g/mol. The summed E-state index contributed by atoms with van der Waals surface area (Å²) in [5.41, 5.74) is 4.23. The van der Waals surface area contributed by atoms with Crippen molar-refractivity contribution in [3.63, 3.8) is 0 Å². The second kappa shape index (κ2) is 10.9. The number of carbonyl (C=O) groups is 2. The van der Waals surface area contributed by atoms with Gasteiger partial charge in [-0.25, -0.2) is 9.02 Å². The van der Waals surface area contributed by atoms with Crippen molar-refractivity contribution in [3.8, 4) is 11.3 Å². The largest absolute Gasteiger partial charge is 0.306 e. The molecule has 1 saturated heterocycles. The van der Waals surface area contributed by atoms with E-state index >= 15 is 0 Å². The fourth-order valence-corrected chi connectivity index (χ4v) is 4.94. The Balaban J connectivity index is 1.42. The molecule has 2 amide bonds. The summed E-state index contributed by atoms with van der Waals surface area (Å²) in [7, 11) is 0. The molecule has 1 N–H and O–H groups in total. The van der Waals surface area contributed by atoms with Gasteiger partial charge in [0.25, 0.3) is 5.91 Å². The van der Waals surface area contributed by atoms with Crippen LogP contribution in [0.2, 0.25) is 0 Å². The molecule has 2 aromatic carbocycles. The van der Waals surface area contributed by atoms with Crippen molar-refractivity contribution in [2.24, 2.45) is 0 Å². The van der Waals surface area contributed by atoms with Crippen LogP contribution in [0.4, 0.5) is 10.2 Å². The molecule has 2 heterocycles. The van der Waals surface area contributed by atoms with Gasteiger partial charge in [-0.2, -0.15) is 0 Å². The Bertz CT molecular complexity index is 1300. The maximum atomic E-state index is 13.1. The Morgan fingerprint density at radius 1 is 1.17 bits per heavy atom. The molecule has 10 heteroatoms. The van der Waals surface area contributed by atoms with Gasteiger partial charge < -0.3 is 5.32 Å². The van der Waals surface area contributed by atoms with Gasteiger partial charge in [0.05, 0.1) is 4.91 Å². The Morgan fingerprint density at radius 2 is 1.94 bits per heavy atom. The van der Waals surface area contributed by atoms with Crippen molar-refractivity contribution in [1.82, 2.24) is 15.2 Å². The van der Waals surface area contributed by atoms with E-state index in [-0.39, 0.29) is 36.4 Å². The molecule has 4 rings (SSSR count). The number of anilines is 1. The van der Waals surface area contributed by atoms with Crippen molar-refractivity contribution in [2.75, 3.05) is 11.9 Å². The van der Waals surface area contributed by atoms with E-state index in [9.17, 15) is 14.0 Å². The first-order valence-electron chi connectivity index (χ1n) is 11.1. The van der Waals surface area contributed by atoms with E-state index < -0.39 is 0 Å². The van der Waals surface area contributed by atoms with Crippen LogP contribution in [0.25, 0.3) is 17.3 Å². The monoisotopic (exact) mass is 510 g/mol. The average molecular weight is 511 g/mol. The molecule has 1 aliphatic heterocycles. The third-order valence-electron chi connectivity index (χ3n) is 5.57. The van der Waals surface area contributed by atoms with E-state index in [1.165, 1.54) is 17.0 Å². The van der Waals surface area contributed by atoms with Crippen LogP contribution in [0, 0.1) is 5.82 Å². The molecule has 1 fully saturated rings. The summed E-state index contributed by atoms with van der Waals surface area (Å²) in [6.07, 6.45) is 3.32. The average Bonchev–Trinajstić information content (AvgIpc) is 3.42. The summed E-state index contributed by atoms with van der Waals surface area (Å²) in [6.45, 7) is 4.23. The molecule has 0 aliphatic carbocycles. The zero-order chi connectivity index (χ0) is 24.9. The number of carbonyl (C=O) groups excluding carboxylic acids is 2. The highest BCUT2D eigenvalue weighted by Crippen LogP contribution is 2.33. The van der Waals surface area contributed by atoms with Crippen molar-refractivity contribution >= 4 is 52.0 Å². The smallest absolute Gasteiger partial charge is 0.266 e. The van der Waals surface area contributed by atoms with Crippen LogP contribution < -0.4 is 5.32 Å². The number of hydrogen-bond donors (Lipinski definition) is 1. The number of benzene rings is 2. The molecule has 1 aromatic heterocycles. The third-order valence-corrected chi connectivity index (χ3v) is 6.95. The van der Waals surface area contributed by atoms with Gasteiger partial charge in [-0.05, 0) is 64.1 Å². The molecule has 1 aliphatic rings. The minimum absolute atomic E-state index is 0.0121. The van der Waals surface area contributed by atoms with Gasteiger partial charge in [-0.3, -0.25) is 14.5 Å². The number of hydrogen-bond acceptors (Lipinski definition) is 7. The third kappa shape index (κ3) is 5.66. The molecule has 0 bridgehead atoms. The SMILES string of the molecule is CCc1ccc(CC)c(-c2nonc2NC(=O)CCN2C(=O)/C(=C/c3ccc(F)cc3)SC2=S)c1. The Labute approximate surface area is 211 Å². The summed E-state index contributed by atoms with van der Waals surface area (Å²) in [4.78, 5) is 27.3. The first kappa shape index (κ1) is 24.7. The lowest BCUT2D eigenvalue weighted by Gasteiger charge is -2.14. The zero-order valence-electron chi connectivity index (χ0n) is 19.2. The van der Waals surface area contributed by atoms with Crippen molar-refractivity contribution in [3.05, 3.63) is 69.9 Å². The summed E-state index contributed by atoms with van der Waals surface area (Å²) >= 11 is 6.48. The minimum Gasteiger partial charge on any atom is -0.306 e. The number of amides is 2. The zero-order valence-corrected chi connectivity index (χ0v) is 20.8. The van der Waals surface area contributed by atoms with Crippen molar-refractivity contribution in [1.29, 1.82) is 0 Å². The first-order valence-corrected chi connectivity index (χ1v) is 12.4. The normalized spacial score (nSPS) is 14.7. The van der Waals surface area contributed by atoms with Crippen LogP contribution in [-0.4, -0.2) is 37.9 Å². The van der Waals surface area contributed by atoms with E-state index in [1.54, 1.807) is 18.2 Å². The summed E-state index contributed by atoms with van der Waals surface area (Å²) in [6, 6.07) is 12.0. The summed E-state index contributed by atoms with van der Waals surface area (Å²) in [5, 5.41) is 10.6. The fraction of sp³-hybridized carbons (Fsp3) is 0.240. The Kier molecular flexibility index (Phi) is 7.72. The van der Waals surface area contributed by atoms with Crippen LogP contribution in [0.1, 0.15) is 37.0 Å². The number of rotatable bonds is 8. The lowest BCUT2D eigenvalue weighted by molar-refractivity contribution is -0.122. The van der Waals surface area contributed by atoms with Gasteiger partial charge in [-0.1, -0.05) is 62.1 Å². The molecule has 0 spiro atoms. The predicted molar refractivity (Wildman–Crippen MR) is 138 cm³/mol. The van der Waals surface area contributed by atoms with Crippen LogP contribution in [0.3, 0.4) is 0 Å². The van der Waals surface area contributed by atoms with E-state index in [2.05, 4.69) is 28.6 Å². The highest BCUT2D eigenvalue weighted by molar-refractivity contribution is 8.26. The fourth-order valence-electron chi connectivity index (χ4n) is 3.63. The van der Waals surface area contributed by atoms with Crippen LogP contribution in [0.15, 0.2) is 52.0 Å². The molecule has 0 atom stereocenters. The van der Waals surface area contributed by atoms with E-state index in [4.69, 9.17) is 16.8 Å². The van der Waals surface area contributed by atoms with E-state index in [0.29, 0.717) is 20.5 Å². The van der Waals surface area contributed by atoms with Crippen LogP contribution in [-0.2, 0) is 22.4 Å². The van der Waals surface area contributed by atoms with Crippen molar-refractivity contribution in [2.45, 2.75) is 33.1 Å². The molecule has 35 heavy (non-hydrogen) atoms. The molecule has 0 saturated carbocycles. The lowest BCUT2D eigenvalue weighted by atomic mass is 9.98. The minimum atomic E-state index is -0.352. The highest BCUT2D eigenvalue weighted by Gasteiger charge is 2.32. The van der Waals surface area contributed by atoms with E-state index in [0.717, 1.165) is 41.3 Å². The van der Waals surface area contributed by atoms with Gasteiger partial charge in [0.2, 0.25) is 11.7 Å². The number of thioether (sulfide) groups is 1. The maximum absolute atomic E-state index is 13.1. The van der Waals surface area contributed by atoms with Crippen molar-refractivity contribution < 1.29 is 18.6 Å². The van der Waals surface area contributed by atoms with Crippen LogP contribution >= 0.6 is 24.0 Å². The van der Waals surface area contributed by atoms with E-state index in [1.807, 2.05) is 19.1 Å². The Hall–Kier alpha value is -3.37. The number of nitrogens with one attached hydrogen (secondary N) is 1. The van der Waals surface area contributed by atoms with Gasteiger partial charge >= 0.3 is 0 Å². The quantitative estimate of drug-likeness (QED) is 0.328. The number of aryl methyl sites for hydroxylation is 2.